The van der Waals surface area contributed by atoms with E-state index in [1.54, 1.807) is 4.57 Å². The Kier molecular flexibility index (Phi) is 4.09. The van der Waals surface area contributed by atoms with Gasteiger partial charge in [0.15, 0.2) is 0 Å². The van der Waals surface area contributed by atoms with Gasteiger partial charge >= 0.3 is 0 Å². The van der Waals surface area contributed by atoms with E-state index in [0.29, 0.717) is 17.6 Å². The molecule has 1 aromatic carbocycles. The minimum absolute atomic E-state index is 0.00220. The van der Waals surface area contributed by atoms with Gasteiger partial charge in [0.05, 0.1) is 16.1 Å². The molecule has 2 aromatic rings. The lowest BCUT2D eigenvalue weighted by molar-refractivity contribution is -0.122. The summed E-state index contributed by atoms with van der Waals surface area (Å²) in [6.07, 6.45) is 0.233. The Balaban J connectivity index is 2.21. The van der Waals surface area contributed by atoms with Gasteiger partial charge in [-0.15, -0.1) is 0 Å². The summed E-state index contributed by atoms with van der Waals surface area (Å²) in [5, 5.41) is 2.86. The number of anilines is 1. The third-order valence-corrected chi connectivity index (χ3v) is 3.19. The third-order valence-electron chi connectivity index (χ3n) is 2.90. The zero-order valence-electron chi connectivity index (χ0n) is 12.2. The first kappa shape index (κ1) is 15.6. The Morgan fingerprint density at radius 1 is 1.48 bits per heavy atom. The van der Waals surface area contributed by atoms with Crippen molar-refractivity contribution in [1.82, 2.24) is 14.9 Å². The van der Waals surface area contributed by atoms with E-state index in [1.165, 1.54) is 12.1 Å². The number of carbonyl (C=O) groups is 1. The molecule has 1 aromatic heterocycles. The molecule has 0 saturated carbocycles. The molecule has 0 spiro atoms. The van der Waals surface area contributed by atoms with E-state index in [-0.39, 0.29) is 28.8 Å². The SMILES string of the molecule is CC(C)(C)NC(=O)CCn1c(N)nc2cc(Cl)c(F)cc21. The maximum atomic E-state index is 13.6. The molecule has 0 atom stereocenters. The van der Waals surface area contributed by atoms with Gasteiger partial charge in [0.1, 0.15) is 5.82 Å². The molecular weight excluding hydrogens is 295 g/mol. The van der Waals surface area contributed by atoms with E-state index < -0.39 is 5.82 Å². The number of hydrogen-bond donors (Lipinski definition) is 2. The number of fused-ring (bicyclic) bond motifs is 1. The average Bonchev–Trinajstić information content (AvgIpc) is 2.60. The monoisotopic (exact) mass is 312 g/mol. The number of nitrogens with two attached hydrogens (primary N) is 1. The molecule has 5 nitrogen and oxygen atoms in total. The molecule has 0 aliphatic rings. The second-order valence-corrected chi connectivity index (χ2v) is 6.33. The van der Waals surface area contributed by atoms with Crippen LogP contribution in [0.5, 0.6) is 0 Å². The molecule has 2 rings (SSSR count). The smallest absolute Gasteiger partial charge is 0.222 e. The van der Waals surface area contributed by atoms with Crippen LogP contribution in [0.4, 0.5) is 10.3 Å². The van der Waals surface area contributed by atoms with Crippen LogP contribution >= 0.6 is 11.6 Å². The fourth-order valence-electron chi connectivity index (χ4n) is 2.07. The van der Waals surface area contributed by atoms with Gasteiger partial charge in [0.25, 0.3) is 0 Å². The van der Waals surface area contributed by atoms with Crippen molar-refractivity contribution < 1.29 is 9.18 Å². The average molecular weight is 313 g/mol. The molecule has 0 bridgehead atoms. The number of halogens is 2. The molecule has 0 aliphatic heterocycles. The van der Waals surface area contributed by atoms with Crippen LogP contribution < -0.4 is 11.1 Å². The van der Waals surface area contributed by atoms with Crippen molar-refractivity contribution in [3.63, 3.8) is 0 Å². The lowest BCUT2D eigenvalue weighted by Crippen LogP contribution is -2.40. The highest BCUT2D eigenvalue weighted by atomic mass is 35.5. The van der Waals surface area contributed by atoms with Gasteiger partial charge in [-0.05, 0) is 26.8 Å². The third kappa shape index (κ3) is 3.64. The molecule has 0 fully saturated rings. The Hall–Kier alpha value is -1.82. The lowest BCUT2D eigenvalue weighted by Gasteiger charge is -2.20. The minimum Gasteiger partial charge on any atom is -0.369 e. The Morgan fingerprint density at radius 3 is 2.76 bits per heavy atom. The summed E-state index contributed by atoms with van der Waals surface area (Å²) >= 11 is 5.72. The summed E-state index contributed by atoms with van der Waals surface area (Å²) in [5.74, 6) is -0.405. The van der Waals surface area contributed by atoms with Crippen molar-refractivity contribution in [3.8, 4) is 0 Å². The van der Waals surface area contributed by atoms with Crippen molar-refractivity contribution in [2.24, 2.45) is 0 Å². The van der Waals surface area contributed by atoms with E-state index >= 15 is 0 Å². The molecule has 114 valence electrons. The van der Waals surface area contributed by atoms with Crippen LogP contribution in [0.2, 0.25) is 5.02 Å². The van der Waals surface area contributed by atoms with Crippen LogP contribution in [0.15, 0.2) is 12.1 Å². The number of imidazole rings is 1. The van der Waals surface area contributed by atoms with Crippen LogP contribution in [0, 0.1) is 5.82 Å². The highest BCUT2D eigenvalue weighted by Crippen LogP contribution is 2.24. The van der Waals surface area contributed by atoms with E-state index in [0.717, 1.165) is 0 Å². The molecule has 0 aliphatic carbocycles. The predicted molar refractivity (Wildman–Crippen MR) is 81.6 cm³/mol. The van der Waals surface area contributed by atoms with Crippen molar-refractivity contribution in [2.45, 2.75) is 39.3 Å². The molecule has 1 heterocycles. The van der Waals surface area contributed by atoms with E-state index in [2.05, 4.69) is 10.3 Å². The number of carbonyl (C=O) groups excluding carboxylic acids is 1. The van der Waals surface area contributed by atoms with Crippen molar-refractivity contribution in [1.29, 1.82) is 0 Å². The number of benzene rings is 1. The van der Waals surface area contributed by atoms with Gasteiger partial charge in [-0.3, -0.25) is 4.79 Å². The summed E-state index contributed by atoms with van der Waals surface area (Å²) in [7, 11) is 0. The molecule has 7 heteroatoms. The fraction of sp³-hybridized carbons (Fsp3) is 0.429. The molecule has 0 radical (unpaired) electrons. The highest BCUT2D eigenvalue weighted by Gasteiger charge is 2.16. The number of amides is 1. The summed E-state index contributed by atoms with van der Waals surface area (Å²) in [5.41, 5.74) is 6.56. The van der Waals surface area contributed by atoms with Crippen LogP contribution in [-0.2, 0) is 11.3 Å². The Morgan fingerprint density at radius 2 is 2.14 bits per heavy atom. The molecule has 21 heavy (non-hydrogen) atoms. The van der Waals surface area contributed by atoms with Crippen molar-refractivity contribution in [3.05, 3.63) is 23.0 Å². The predicted octanol–water partition coefficient (Wildman–Crippen LogP) is 2.72. The second-order valence-electron chi connectivity index (χ2n) is 5.92. The highest BCUT2D eigenvalue weighted by molar-refractivity contribution is 6.31. The van der Waals surface area contributed by atoms with Gasteiger partial charge in [-0.1, -0.05) is 11.6 Å². The Labute approximate surface area is 127 Å². The maximum Gasteiger partial charge on any atom is 0.222 e. The van der Waals surface area contributed by atoms with Crippen LogP contribution in [0.3, 0.4) is 0 Å². The van der Waals surface area contributed by atoms with E-state index in [1.807, 2.05) is 20.8 Å². The van der Waals surface area contributed by atoms with Gasteiger partial charge in [0, 0.05) is 24.6 Å². The zero-order chi connectivity index (χ0) is 15.8. The van der Waals surface area contributed by atoms with E-state index in [4.69, 9.17) is 17.3 Å². The van der Waals surface area contributed by atoms with Crippen LogP contribution in [0.25, 0.3) is 11.0 Å². The first-order valence-electron chi connectivity index (χ1n) is 6.59. The maximum absolute atomic E-state index is 13.6. The first-order chi connectivity index (χ1) is 9.67. The minimum atomic E-state index is -0.538. The van der Waals surface area contributed by atoms with Crippen molar-refractivity contribution >= 4 is 34.5 Å². The number of nitrogens with one attached hydrogen (secondary N) is 1. The second kappa shape index (κ2) is 5.52. The number of aryl methyl sites for hydroxylation is 1. The summed E-state index contributed by atoms with van der Waals surface area (Å²) in [6, 6.07) is 2.71. The topological polar surface area (TPSA) is 72.9 Å². The normalized spacial score (nSPS) is 11.9. The largest absolute Gasteiger partial charge is 0.369 e. The number of hydrogen-bond acceptors (Lipinski definition) is 3. The standard InChI is InChI=1S/C14H18ClFN4O/c1-14(2,3)19-12(21)4-5-20-11-7-9(16)8(15)6-10(11)18-13(20)17/h6-7H,4-5H2,1-3H3,(H2,17,18)(H,19,21). The summed E-state index contributed by atoms with van der Waals surface area (Å²) < 4.78 is 15.2. The summed E-state index contributed by atoms with van der Waals surface area (Å²) in [6.45, 7) is 6.04. The quantitative estimate of drug-likeness (QED) is 0.915. The number of nitrogen functional groups attached to an aromatic ring is 1. The fourth-order valence-corrected chi connectivity index (χ4v) is 2.23. The van der Waals surface area contributed by atoms with Crippen molar-refractivity contribution in [2.75, 3.05) is 5.73 Å². The number of nitrogens with zero attached hydrogens (tertiary/aromatic N) is 2. The first-order valence-corrected chi connectivity index (χ1v) is 6.97. The van der Waals surface area contributed by atoms with Gasteiger partial charge in [0.2, 0.25) is 11.9 Å². The van der Waals surface area contributed by atoms with E-state index in [9.17, 15) is 9.18 Å². The molecule has 0 unspecified atom stereocenters. The molecular formula is C14H18ClFN4O. The molecule has 0 saturated heterocycles. The number of aromatic nitrogens is 2. The van der Waals surface area contributed by atoms with Crippen LogP contribution in [0.1, 0.15) is 27.2 Å². The van der Waals surface area contributed by atoms with Gasteiger partial charge in [-0.2, -0.15) is 0 Å². The Bertz CT molecular complexity index is 690. The van der Waals surface area contributed by atoms with Gasteiger partial charge < -0.3 is 15.6 Å². The summed E-state index contributed by atoms with van der Waals surface area (Å²) in [4.78, 5) is 16.0. The van der Waals surface area contributed by atoms with Crippen LogP contribution in [-0.4, -0.2) is 21.0 Å². The van der Waals surface area contributed by atoms with Gasteiger partial charge in [-0.25, -0.2) is 9.37 Å². The lowest BCUT2D eigenvalue weighted by atomic mass is 10.1. The zero-order valence-corrected chi connectivity index (χ0v) is 13.0. The molecule has 1 amide bonds. The number of rotatable bonds is 3. The molecule has 3 N–H and O–H groups in total.